The van der Waals surface area contributed by atoms with Gasteiger partial charge in [0, 0.05) is 0 Å². The van der Waals surface area contributed by atoms with E-state index in [9.17, 15) is 14.4 Å². The molecule has 0 unspecified atom stereocenters. The van der Waals surface area contributed by atoms with E-state index in [0.29, 0.717) is 20.7 Å². The van der Waals surface area contributed by atoms with Gasteiger partial charge in [-0.05, 0) is 26.3 Å². The maximum Gasteiger partial charge on any atom is 0.348 e. The molecule has 2 aromatic heterocycles. The largest absolute Gasteiger partial charge is 0.468 e. The van der Waals surface area contributed by atoms with Crippen LogP contribution in [0.15, 0.2) is 11.1 Å². The number of hydrogen-bond donors (Lipinski definition) is 0. The molecular formula is C14H16N2O5S. The van der Waals surface area contributed by atoms with Crippen LogP contribution in [0.25, 0.3) is 10.2 Å². The summed E-state index contributed by atoms with van der Waals surface area (Å²) < 4.78 is 10.9. The maximum atomic E-state index is 12.4. The van der Waals surface area contributed by atoms with Crippen LogP contribution >= 0.6 is 11.3 Å². The standard InChI is InChI=1S/C14H16N2O5S/c1-7(2)21-14(19)11-8(3)10-12(22-11)15-6-16(13(10)18)5-9(17)20-4/h6-7H,5H2,1-4H3. The Labute approximate surface area is 130 Å². The van der Waals surface area contributed by atoms with Crippen LogP contribution in [0.2, 0.25) is 0 Å². The topological polar surface area (TPSA) is 87.5 Å². The number of nitrogens with zero attached hydrogens (tertiary/aromatic N) is 2. The number of aromatic nitrogens is 2. The van der Waals surface area contributed by atoms with E-state index < -0.39 is 11.9 Å². The van der Waals surface area contributed by atoms with Crippen LogP contribution in [-0.4, -0.2) is 34.7 Å². The van der Waals surface area contributed by atoms with E-state index in [4.69, 9.17) is 4.74 Å². The number of carbonyl (C=O) groups excluding carboxylic acids is 2. The summed E-state index contributed by atoms with van der Waals surface area (Å²) in [5, 5.41) is 0.326. The minimum atomic E-state index is -0.546. The SMILES string of the molecule is COC(=O)Cn1cnc2sc(C(=O)OC(C)C)c(C)c2c1=O. The zero-order chi connectivity index (χ0) is 16.4. The van der Waals surface area contributed by atoms with Gasteiger partial charge in [-0.25, -0.2) is 9.78 Å². The summed E-state index contributed by atoms with van der Waals surface area (Å²) in [5.74, 6) is -1.02. The average Bonchev–Trinajstić information content (AvgIpc) is 2.79. The number of ether oxygens (including phenoxy) is 2. The first-order valence-corrected chi connectivity index (χ1v) is 7.43. The van der Waals surface area contributed by atoms with Crippen LogP contribution in [0.5, 0.6) is 0 Å². The van der Waals surface area contributed by atoms with Crippen molar-refractivity contribution in [3.63, 3.8) is 0 Å². The zero-order valence-corrected chi connectivity index (χ0v) is 13.5. The van der Waals surface area contributed by atoms with E-state index in [2.05, 4.69) is 9.72 Å². The van der Waals surface area contributed by atoms with Gasteiger partial charge in [-0.2, -0.15) is 0 Å². The Hall–Kier alpha value is -2.22. The molecule has 0 spiro atoms. The van der Waals surface area contributed by atoms with Crippen molar-refractivity contribution in [3.05, 3.63) is 27.1 Å². The molecule has 0 aliphatic carbocycles. The van der Waals surface area contributed by atoms with E-state index in [1.54, 1.807) is 20.8 Å². The second-order valence-electron chi connectivity index (χ2n) is 4.94. The van der Waals surface area contributed by atoms with Gasteiger partial charge in [0.25, 0.3) is 5.56 Å². The van der Waals surface area contributed by atoms with Crippen LogP contribution in [0, 0.1) is 6.92 Å². The molecule has 0 fully saturated rings. The van der Waals surface area contributed by atoms with Gasteiger partial charge < -0.3 is 9.47 Å². The fourth-order valence-corrected chi connectivity index (χ4v) is 2.96. The first-order valence-electron chi connectivity index (χ1n) is 6.61. The third-order valence-corrected chi connectivity index (χ3v) is 4.15. The van der Waals surface area contributed by atoms with Gasteiger partial charge in [0.15, 0.2) is 0 Å². The van der Waals surface area contributed by atoms with Crippen molar-refractivity contribution in [2.24, 2.45) is 0 Å². The van der Waals surface area contributed by atoms with E-state index >= 15 is 0 Å². The van der Waals surface area contributed by atoms with Gasteiger partial charge in [-0.3, -0.25) is 14.2 Å². The molecular weight excluding hydrogens is 308 g/mol. The lowest BCUT2D eigenvalue weighted by molar-refractivity contribution is -0.141. The molecule has 0 N–H and O–H groups in total. The number of carbonyl (C=O) groups is 2. The lowest BCUT2D eigenvalue weighted by Crippen LogP contribution is -2.25. The highest BCUT2D eigenvalue weighted by Gasteiger charge is 2.21. The Morgan fingerprint density at radius 1 is 1.41 bits per heavy atom. The van der Waals surface area contributed by atoms with Crippen molar-refractivity contribution in [1.82, 2.24) is 9.55 Å². The van der Waals surface area contributed by atoms with E-state index in [1.807, 2.05) is 0 Å². The monoisotopic (exact) mass is 324 g/mol. The minimum absolute atomic E-state index is 0.223. The lowest BCUT2D eigenvalue weighted by Gasteiger charge is -2.06. The maximum absolute atomic E-state index is 12.4. The van der Waals surface area contributed by atoms with Gasteiger partial charge in [0.2, 0.25) is 0 Å². The summed E-state index contributed by atoms with van der Waals surface area (Å²) in [6.45, 7) is 4.95. The molecule has 8 heteroatoms. The van der Waals surface area contributed by atoms with E-state index in [-0.39, 0.29) is 18.2 Å². The number of esters is 2. The number of aryl methyl sites for hydroxylation is 1. The van der Waals surface area contributed by atoms with Crippen LogP contribution in [0.3, 0.4) is 0 Å². The quantitative estimate of drug-likeness (QED) is 0.792. The highest BCUT2D eigenvalue weighted by Crippen LogP contribution is 2.27. The summed E-state index contributed by atoms with van der Waals surface area (Å²) in [4.78, 5) is 40.7. The second-order valence-corrected chi connectivity index (χ2v) is 5.94. The molecule has 118 valence electrons. The van der Waals surface area contributed by atoms with Gasteiger partial charge in [-0.15, -0.1) is 11.3 Å². The van der Waals surface area contributed by atoms with Crippen LogP contribution < -0.4 is 5.56 Å². The molecule has 0 amide bonds. The Kier molecular flexibility index (Phi) is 4.60. The number of methoxy groups -OCH3 is 1. The Balaban J connectivity index is 2.52. The Morgan fingerprint density at radius 2 is 2.09 bits per heavy atom. The molecule has 0 aliphatic rings. The van der Waals surface area contributed by atoms with E-state index in [1.165, 1.54) is 13.4 Å². The normalized spacial score (nSPS) is 11.0. The first kappa shape index (κ1) is 16.2. The summed E-state index contributed by atoms with van der Waals surface area (Å²) in [7, 11) is 1.25. The molecule has 0 atom stereocenters. The van der Waals surface area contributed by atoms with E-state index in [0.717, 1.165) is 15.9 Å². The molecule has 22 heavy (non-hydrogen) atoms. The minimum Gasteiger partial charge on any atom is -0.468 e. The predicted molar refractivity (Wildman–Crippen MR) is 81.2 cm³/mol. The van der Waals surface area contributed by atoms with Crippen molar-refractivity contribution < 1.29 is 19.1 Å². The highest BCUT2D eigenvalue weighted by molar-refractivity contribution is 7.20. The van der Waals surface area contributed by atoms with Gasteiger partial charge in [0.05, 0.1) is 24.9 Å². The molecule has 0 saturated carbocycles. The van der Waals surface area contributed by atoms with Crippen molar-refractivity contribution in [2.45, 2.75) is 33.4 Å². The van der Waals surface area contributed by atoms with Crippen molar-refractivity contribution in [2.75, 3.05) is 7.11 Å². The molecule has 0 aliphatic heterocycles. The molecule has 7 nitrogen and oxygen atoms in total. The molecule has 2 aromatic rings. The van der Waals surface area contributed by atoms with Gasteiger partial charge in [0.1, 0.15) is 16.3 Å². The molecule has 2 rings (SSSR count). The fraction of sp³-hybridized carbons (Fsp3) is 0.429. The van der Waals surface area contributed by atoms with Crippen molar-refractivity contribution in [3.8, 4) is 0 Å². The molecule has 0 bridgehead atoms. The molecule has 2 heterocycles. The summed E-state index contributed by atoms with van der Waals surface area (Å²) in [6, 6.07) is 0. The first-order chi connectivity index (χ1) is 10.3. The Bertz CT molecular complexity index is 790. The summed E-state index contributed by atoms with van der Waals surface area (Å²) in [5.41, 5.74) is 0.134. The number of thiophene rings is 1. The second kappa shape index (κ2) is 6.27. The van der Waals surface area contributed by atoms with Crippen molar-refractivity contribution >= 4 is 33.5 Å². The third kappa shape index (κ3) is 3.01. The smallest absolute Gasteiger partial charge is 0.348 e. The summed E-state index contributed by atoms with van der Waals surface area (Å²) >= 11 is 1.11. The highest BCUT2D eigenvalue weighted by atomic mass is 32.1. The zero-order valence-electron chi connectivity index (χ0n) is 12.7. The fourth-order valence-electron chi connectivity index (χ4n) is 1.94. The Morgan fingerprint density at radius 3 is 2.68 bits per heavy atom. The van der Waals surface area contributed by atoms with Crippen LogP contribution in [-0.2, 0) is 20.8 Å². The predicted octanol–water partition coefficient (Wildman–Crippen LogP) is 1.50. The van der Waals surface area contributed by atoms with Crippen LogP contribution in [0.4, 0.5) is 0 Å². The average molecular weight is 324 g/mol. The van der Waals surface area contributed by atoms with Crippen molar-refractivity contribution in [1.29, 1.82) is 0 Å². The third-order valence-electron chi connectivity index (χ3n) is 2.97. The molecule has 0 aromatic carbocycles. The number of rotatable bonds is 4. The van der Waals surface area contributed by atoms with Crippen LogP contribution in [0.1, 0.15) is 29.1 Å². The summed E-state index contributed by atoms with van der Waals surface area (Å²) in [6.07, 6.45) is 1.02. The molecule has 0 radical (unpaired) electrons. The van der Waals surface area contributed by atoms with Gasteiger partial charge in [-0.1, -0.05) is 0 Å². The molecule has 0 saturated heterocycles. The lowest BCUT2D eigenvalue weighted by atomic mass is 10.2. The number of fused-ring (bicyclic) bond motifs is 1. The number of hydrogen-bond acceptors (Lipinski definition) is 7. The van der Waals surface area contributed by atoms with Gasteiger partial charge >= 0.3 is 11.9 Å².